The molecule has 0 aliphatic heterocycles. The van der Waals surface area contributed by atoms with Gasteiger partial charge in [-0.05, 0) is 0 Å². The van der Waals surface area contributed by atoms with Crippen molar-refractivity contribution >= 4 is 25.2 Å². The zero-order chi connectivity index (χ0) is 11.3. The van der Waals surface area contributed by atoms with Gasteiger partial charge in [0, 0.05) is 0 Å². The molecule has 7 nitrogen and oxygen atoms in total. The Morgan fingerprint density at radius 1 is 1.14 bits per heavy atom. The lowest BCUT2D eigenvalue weighted by atomic mass is 10.3. The molecule has 0 atom stereocenters. The highest BCUT2D eigenvalue weighted by molar-refractivity contribution is 6.43. The van der Waals surface area contributed by atoms with E-state index in [2.05, 4.69) is 9.39 Å². The molecule has 0 saturated carbocycles. The first-order chi connectivity index (χ1) is 6.34. The molecule has 0 aliphatic carbocycles. The van der Waals surface area contributed by atoms with Crippen LogP contribution < -0.4 is 0 Å². The Morgan fingerprint density at radius 2 is 1.64 bits per heavy atom. The molecule has 0 rings (SSSR count). The molecule has 2 N–H and O–H groups in total. The molecule has 14 heavy (non-hydrogen) atoms. The lowest BCUT2D eigenvalue weighted by Crippen LogP contribution is -2.31. The Kier molecular flexibility index (Phi) is 4.66. The maximum absolute atomic E-state index is 11.4. The first-order valence-corrected chi connectivity index (χ1v) is 2.95. The van der Waals surface area contributed by atoms with Gasteiger partial charge in [0.25, 0.3) is 0 Å². The average Bonchev–Trinajstić information content (AvgIpc) is 2.02. The summed E-state index contributed by atoms with van der Waals surface area (Å²) in [6.45, 7) is 0. The van der Waals surface area contributed by atoms with Gasteiger partial charge in [-0.15, -0.1) is 0 Å². The average molecular weight is 212 g/mol. The Hall–Kier alpha value is -1.55. The molecule has 0 fully saturated rings. The number of alkyl halides is 2. The monoisotopic (exact) mass is 212 g/mol. The van der Waals surface area contributed by atoms with Crippen molar-refractivity contribution < 1.29 is 42.6 Å². The molecular formula is C4H3BF2O7. The summed E-state index contributed by atoms with van der Waals surface area (Å²) < 4.78 is 29.5. The number of hydrogen-bond acceptors (Lipinski definition) is 7. The van der Waals surface area contributed by atoms with Crippen LogP contribution in [-0.4, -0.2) is 41.7 Å². The van der Waals surface area contributed by atoms with Crippen LogP contribution in [0.1, 0.15) is 0 Å². The second kappa shape index (κ2) is 5.24. The Morgan fingerprint density at radius 3 is 2.00 bits per heavy atom. The maximum Gasteiger partial charge on any atom is 0.709 e. The summed E-state index contributed by atoms with van der Waals surface area (Å²) in [6.07, 6.45) is -3.58. The Balaban J connectivity index is 4.09. The highest BCUT2D eigenvalue weighted by Crippen LogP contribution is 1.96. The second-order valence-electron chi connectivity index (χ2n) is 1.74. The topological polar surface area (TPSA) is 110 Å². The van der Waals surface area contributed by atoms with Crippen molar-refractivity contribution in [3.63, 3.8) is 0 Å². The van der Waals surface area contributed by atoms with Crippen molar-refractivity contribution in [3.05, 3.63) is 0 Å². The molecule has 0 aromatic carbocycles. The lowest BCUT2D eigenvalue weighted by Gasteiger charge is -2.01. The minimum absolute atomic E-state index is 1.98. The predicted octanol–water partition coefficient (Wildman–Crippen LogP) is -2.17. The Bertz CT molecular complexity index is 252. The van der Waals surface area contributed by atoms with Crippen LogP contribution in [0.2, 0.25) is 0 Å². The van der Waals surface area contributed by atoms with E-state index >= 15 is 0 Å². The van der Waals surface area contributed by atoms with Crippen molar-refractivity contribution in [2.75, 3.05) is 0 Å². The van der Waals surface area contributed by atoms with E-state index in [-0.39, 0.29) is 0 Å². The minimum atomic E-state index is -3.58. The highest BCUT2D eigenvalue weighted by atomic mass is 19.3. The van der Waals surface area contributed by atoms with Gasteiger partial charge in [-0.25, -0.2) is 14.4 Å². The van der Waals surface area contributed by atoms with Crippen LogP contribution in [-0.2, 0) is 23.8 Å². The molecule has 0 spiro atoms. The normalized spacial score (nSPS) is 9.50. The van der Waals surface area contributed by atoms with Crippen molar-refractivity contribution in [3.8, 4) is 0 Å². The van der Waals surface area contributed by atoms with Gasteiger partial charge in [0.05, 0.1) is 0 Å². The third-order valence-electron chi connectivity index (χ3n) is 0.751. The number of carbonyl (C=O) groups excluding carboxylic acids is 3. The molecule has 0 bridgehead atoms. The van der Waals surface area contributed by atoms with E-state index in [9.17, 15) is 23.2 Å². The molecule has 0 aliphatic rings. The molecule has 0 aromatic heterocycles. The van der Waals surface area contributed by atoms with E-state index in [1.807, 2.05) is 0 Å². The van der Waals surface area contributed by atoms with Gasteiger partial charge in [0.1, 0.15) is 0 Å². The van der Waals surface area contributed by atoms with E-state index in [1.165, 1.54) is 0 Å². The second-order valence-corrected chi connectivity index (χ2v) is 1.74. The van der Waals surface area contributed by atoms with Crippen LogP contribution in [0.3, 0.4) is 0 Å². The summed E-state index contributed by atoms with van der Waals surface area (Å²) >= 11 is 0. The van der Waals surface area contributed by atoms with Crippen LogP contribution in [0.25, 0.3) is 0 Å². The maximum atomic E-state index is 11.4. The molecule has 0 aromatic rings. The molecule has 0 heterocycles. The van der Waals surface area contributed by atoms with Crippen molar-refractivity contribution in [1.29, 1.82) is 0 Å². The molecule has 0 radical (unpaired) electrons. The molecule has 78 valence electrons. The number of halogens is 2. The SMILES string of the molecule is O=C(OB(O)O)C(=O)OC(=O)C(F)F. The zero-order valence-electron chi connectivity index (χ0n) is 6.35. The van der Waals surface area contributed by atoms with E-state index in [0.29, 0.717) is 0 Å². The van der Waals surface area contributed by atoms with Crippen molar-refractivity contribution in [2.45, 2.75) is 6.43 Å². The van der Waals surface area contributed by atoms with Gasteiger partial charge in [-0.2, -0.15) is 8.78 Å². The fourth-order valence-corrected chi connectivity index (χ4v) is 0.321. The number of esters is 2. The highest BCUT2D eigenvalue weighted by Gasteiger charge is 2.29. The Labute approximate surface area is 75.4 Å². The molecule has 0 amide bonds. The quantitative estimate of drug-likeness (QED) is 0.232. The van der Waals surface area contributed by atoms with Gasteiger partial charge in [-0.3, -0.25) is 0 Å². The van der Waals surface area contributed by atoms with Crippen LogP contribution in [0, 0.1) is 0 Å². The largest absolute Gasteiger partial charge is 0.709 e. The lowest BCUT2D eigenvalue weighted by molar-refractivity contribution is -0.175. The van der Waals surface area contributed by atoms with E-state index < -0.39 is 31.7 Å². The molecule has 0 saturated heterocycles. The first kappa shape index (κ1) is 12.5. The fourth-order valence-electron chi connectivity index (χ4n) is 0.321. The zero-order valence-corrected chi connectivity index (χ0v) is 6.35. The van der Waals surface area contributed by atoms with Crippen LogP contribution in [0.15, 0.2) is 0 Å². The summed E-state index contributed by atoms with van der Waals surface area (Å²) in [4.78, 5) is 30.6. The number of carbonyl (C=O) groups is 3. The van der Waals surface area contributed by atoms with Crippen molar-refractivity contribution in [2.24, 2.45) is 0 Å². The summed E-state index contributed by atoms with van der Waals surface area (Å²) in [5.74, 6) is -6.28. The van der Waals surface area contributed by atoms with Gasteiger partial charge >= 0.3 is 31.7 Å². The first-order valence-electron chi connectivity index (χ1n) is 2.95. The van der Waals surface area contributed by atoms with Crippen molar-refractivity contribution in [1.82, 2.24) is 0 Å². The standard InChI is InChI=1S/C4H3BF2O7/c6-1(7)2(8)13-3(9)4(10)14-5(11)12/h1,11-12H. The number of rotatable bonds is 2. The van der Waals surface area contributed by atoms with Gasteiger partial charge in [-0.1, -0.05) is 0 Å². The molecule has 10 heteroatoms. The summed E-state index contributed by atoms with van der Waals surface area (Å²) in [5.41, 5.74) is 0. The molecule has 0 unspecified atom stereocenters. The number of hydrogen-bond donors (Lipinski definition) is 2. The van der Waals surface area contributed by atoms with E-state index in [0.717, 1.165) is 0 Å². The third-order valence-corrected chi connectivity index (χ3v) is 0.751. The van der Waals surface area contributed by atoms with E-state index in [4.69, 9.17) is 10.0 Å². The van der Waals surface area contributed by atoms with Gasteiger partial charge in [0.2, 0.25) is 0 Å². The van der Waals surface area contributed by atoms with Gasteiger partial charge < -0.3 is 19.4 Å². The fraction of sp³-hybridized carbons (Fsp3) is 0.250. The van der Waals surface area contributed by atoms with E-state index in [1.54, 1.807) is 0 Å². The number of ether oxygens (including phenoxy) is 1. The third kappa shape index (κ3) is 4.47. The molecular weight excluding hydrogens is 209 g/mol. The smallest absolute Gasteiger partial charge is 0.476 e. The van der Waals surface area contributed by atoms with Crippen LogP contribution in [0.4, 0.5) is 8.78 Å². The summed E-state index contributed by atoms with van der Waals surface area (Å²) in [5, 5.41) is 16.0. The van der Waals surface area contributed by atoms with Crippen LogP contribution in [0.5, 0.6) is 0 Å². The minimum Gasteiger partial charge on any atom is -0.476 e. The van der Waals surface area contributed by atoms with Crippen LogP contribution >= 0.6 is 0 Å². The van der Waals surface area contributed by atoms with Gasteiger partial charge in [0.15, 0.2) is 0 Å². The predicted molar refractivity (Wildman–Crippen MR) is 33.4 cm³/mol. The summed E-state index contributed by atoms with van der Waals surface area (Å²) in [7, 11) is -2.60. The summed E-state index contributed by atoms with van der Waals surface area (Å²) in [6, 6.07) is 0.